The lowest BCUT2D eigenvalue weighted by atomic mass is 9.96. The minimum absolute atomic E-state index is 0.196. The summed E-state index contributed by atoms with van der Waals surface area (Å²) in [6.45, 7) is 1.45. The molecule has 3 aromatic rings. The van der Waals surface area contributed by atoms with Gasteiger partial charge in [0.05, 0.1) is 5.69 Å². The van der Waals surface area contributed by atoms with Gasteiger partial charge in [-0.3, -0.25) is 9.78 Å². The minimum Gasteiger partial charge on any atom is -0.384 e. The number of nitrogens with two attached hydrogens (primary N) is 1. The Morgan fingerprint density at radius 3 is 2.93 bits per heavy atom. The number of anilines is 1. The van der Waals surface area contributed by atoms with E-state index in [0.29, 0.717) is 18.8 Å². The quantitative estimate of drug-likeness (QED) is 0.697. The Morgan fingerprint density at radius 2 is 2.10 bits per heavy atom. The number of nitrogens with zero attached hydrogens (tertiary/aromatic N) is 5. The van der Waals surface area contributed by atoms with Gasteiger partial charge in [0.25, 0.3) is 0 Å². The summed E-state index contributed by atoms with van der Waals surface area (Å²) in [5.41, 5.74) is 9.74. The van der Waals surface area contributed by atoms with Crippen molar-refractivity contribution in [3.8, 4) is 11.1 Å². The van der Waals surface area contributed by atoms with Gasteiger partial charge in [-0.25, -0.2) is 15.0 Å². The molecule has 7 heteroatoms. The zero-order valence-corrected chi connectivity index (χ0v) is 16.2. The first-order chi connectivity index (χ1) is 14.2. The molecular weight excluding hydrogens is 364 g/mol. The minimum atomic E-state index is 0.196. The van der Waals surface area contributed by atoms with Gasteiger partial charge >= 0.3 is 0 Å². The summed E-state index contributed by atoms with van der Waals surface area (Å²) in [6, 6.07) is 9.62. The molecule has 4 heterocycles. The van der Waals surface area contributed by atoms with Crippen LogP contribution in [0.3, 0.4) is 0 Å². The molecule has 0 bridgehead atoms. The predicted molar refractivity (Wildman–Crippen MR) is 111 cm³/mol. The lowest BCUT2D eigenvalue weighted by Gasteiger charge is -2.17. The summed E-state index contributed by atoms with van der Waals surface area (Å²) in [4.78, 5) is 31.7. The molecule has 1 fully saturated rings. The fraction of sp³-hybridized carbons (Fsp3) is 0.318. The van der Waals surface area contributed by atoms with E-state index in [0.717, 1.165) is 48.3 Å². The number of carbonyl (C=O) groups is 1. The number of amides is 1. The fourth-order valence-corrected chi connectivity index (χ4v) is 3.84. The molecule has 0 saturated carbocycles. The summed E-state index contributed by atoms with van der Waals surface area (Å²) < 4.78 is 0. The van der Waals surface area contributed by atoms with Crippen LogP contribution in [0.2, 0.25) is 0 Å². The van der Waals surface area contributed by atoms with Crippen LogP contribution in [0, 0.1) is 0 Å². The Kier molecular flexibility index (Phi) is 5.74. The molecule has 7 nitrogen and oxygen atoms in total. The van der Waals surface area contributed by atoms with Crippen LogP contribution in [-0.2, 0) is 11.2 Å². The second-order valence-electron chi connectivity index (χ2n) is 7.29. The molecule has 1 atom stereocenters. The number of carbonyl (C=O) groups excluding carboxylic acids is 1. The van der Waals surface area contributed by atoms with Crippen molar-refractivity contribution in [1.29, 1.82) is 0 Å². The van der Waals surface area contributed by atoms with Gasteiger partial charge in [0.15, 0.2) is 0 Å². The second-order valence-corrected chi connectivity index (χ2v) is 7.29. The predicted octanol–water partition coefficient (Wildman–Crippen LogP) is 2.85. The first-order valence-electron chi connectivity index (χ1n) is 9.90. The zero-order chi connectivity index (χ0) is 20.1. The maximum absolute atomic E-state index is 12.7. The number of rotatable bonds is 6. The van der Waals surface area contributed by atoms with E-state index in [9.17, 15) is 4.79 Å². The first-order valence-corrected chi connectivity index (χ1v) is 9.90. The Labute approximate surface area is 170 Å². The van der Waals surface area contributed by atoms with E-state index in [-0.39, 0.29) is 11.8 Å². The number of aryl methyl sites for hydroxylation is 1. The summed E-state index contributed by atoms with van der Waals surface area (Å²) in [6.07, 6.45) is 9.94. The Morgan fingerprint density at radius 1 is 1.17 bits per heavy atom. The Balaban J connectivity index is 1.39. The molecule has 1 aliphatic heterocycles. The van der Waals surface area contributed by atoms with Crippen molar-refractivity contribution in [2.75, 3.05) is 18.8 Å². The van der Waals surface area contributed by atoms with Crippen LogP contribution < -0.4 is 5.73 Å². The monoisotopic (exact) mass is 388 g/mol. The maximum atomic E-state index is 12.7. The molecule has 1 saturated heterocycles. The van der Waals surface area contributed by atoms with Gasteiger partial charge in [-0.2, -0.15) is 0 Å². The van der Waals surface area contributed by atoms with E-state index in [4.69, 9.17) is 5.73 Å². The lowest BCUT2D eigenvalue weighted by molar-refractivity contribution is -0.130. The number of aromatic nitrogens is 4. The van der Waals surface area contributed by atoms with E-state index in [1.807, 2.05) is 41.4 Å². The zero-order valence-electron chi connectivity index (χ0n) is 16.2. The maximum Gasteiger partial charge on any atom is 0.222 e. The molecule has 2 N–H and O–H groups in total. The number of likely N-dealkylation sites (tertiary alicyclic amines) is 1. The van der Waals surface area contributed by atoms with Crippen molar-refractivity contribution in [3.63, 3.8) is 0 Å². The van der Waals surface area contributed by atoms with E-state index in [2.05, 4.69) is 19.9 Å². The molecule has 1 aliphatic rings. The average molecular weight is 388 g/mol. The second kappa shape index (κ2) is 8.77. The Bertz CT molecular complexity index is 978. The average Bonchev–Trinajstić information content (AvgIpc) is 3.25. The first kappa shape index (κ1) is 19.0. The van der Waals surface area contributed by atoms with Crippen LogP contribution in [0.25, 0.3) is 11.1 Å². The van der Waals surface area contributed by atoms with Crippen molar-refractivity contribution in [2.24, 2.45) is 0 Å². The summed E-state index contributed by atoms with van der Waals surface area (Å²) >= 11 is 0. The van der Waals surface area contributed by atoms with Crippen molar-refractivity contribution in [1.82, 2.24) is 24.8 Å². The molecule has 0 aromatic carbocycles. The lowest BCUT2D eigenvalue weighted by Crippen LogP contribution is -2.28. The number of hydrogen-bond acceptors (Lipinski definition) is 6. The van der Waals surface area contributed by atoms with E-state index >= 15 is 0 Å². The molecule has 0 unspecified atom stereocenters. The topological polar surface area (TPSA) is 97.9 Å². The van der Waals surface area contributed by atoms with Crippen molar-refractivity contribution in [3.05, 3.63) is 66.6 Å². The molecular formula is C22H24N6O. The van der Waals surface area contributed by atoms with Crippen molar-refractivity contribution in [2.45, 2.75) is 31.6 Å². The van der Waals surface area contributed by atoms with E-state index in [1.54, 1.807) is 18.7 Å². The normalized spacial score (nSPS) is 16.1. The third kappa shape index (κ3) is 4.56. The van der Waals surface area contributed by atoms with Crippen molar-refractivity contribution < 1.29 is 4.79 Å². The van der Waals surface area contributed by atoms with E-state index < -0.39 is 0 Å². The van der Waals surface area contributed by atoms with Crippen LogP contribution in [0.1, 0.15) is 36.6 Å². The molecule has 148 valence electrons. The van der Waals surface area contributed by atoms with Crippen LogP contribution >= 0.6 is 0 Å². The smallest absolute Gasteiger partial charge is 0.222 e. The van der Waals surface area contributed by atoms with E-state index in [1.165, 1.54) is 0 Å². The third-order valence-corrected chi connectivity index (χ3v) is 5.31. The molecule has 4 rings (SSSR count). The van der Waals surface area contributed by atoms with Crippen molar-refractivity contribution >= 4 is 11.7 Å². The fourth-order valence-electron chi connectivity index (χ4n) is 3.84. The molecule has 1 amide bonds. The van der Waals surface area contributed by atoms with Crippen LogP contribution in [0.4, 0.5) is 5.82 Å². The summed E-state index contributed by atoms with van der Waals surface area (Å²) in [5.74, 6) is 0.864. The van der Waals surface area contributed by atoms with Crippen LogP contribution in [0.15, 0.2) is 55.2 Å². The highest BCUT2D eigenvalue weighted by atomic mass is 16.2. The van der Waals surface area contributed by atoms with Crippen LogP contribution in [-0.4, -0.2) is 43.8 Å². The highest BCUT2D eigenvalue weighted by Crippen LogP contribution is 2.33. The van der Waals surface area contributed by atoms with Gasteiger partial charge in [0.2, 0.25) is 5.91 Å². The van der Waals surface area contributed by atoms with Gasteiger partial charge in [-0.15, -0.1) is 0 Å². The van der Waals surface area contributed by atoms with Gasteiger partial charge in [0, 0.05) is 55.3 Å². The van der Waals surface area contributed by atoms with Gasteiger partial charge < -0.3 is 10.6 Å². The van der Waals surface area contributed by atoms with Crippen LogP contribution in [0.5, 0.6) is 0 Å². The highest BCUT2D eigenvalue weighted by Gasteiger charge is 2.29. The van der Waals surface area contributed by atoms with Gasteiger partial charge in [-0.05, 0) is 49.1 Å². The molecule has 29 heavy (non-hydrogen) atoms. The molecule has 0 spiro atoms. The number of hydrogen-bond donors (Lipinski definition) is 1. The number of pyridine rings is 2. The largest absolute Gasteiger partial charge is 0.384 e. The molecule has 0 radical (unpaired) electrons. The van der Waals surface area contributed by atoms with Gasteiger partial charge in [0.1, 0.15) is 12.1 Å². The summed E-state index contributed by atoms with van der Waals surface area (Å²) in [5, 5.41) is 0. The number of nitrogen functional groups attached to an aromatic ring is 1. The SMILES string of the molecule is Nc1cc(-c2cncnc2[C@@H]2CCN(C(=O)CCCc3ccccn3)C2)ccn1. The standard InChI is InChI=1S/C22H24N6O/c23-20-12-16(7-10-26-20)19-13-24-15-27-22(19)17-8-11-28(14-17)21(29)6-3-5-18-4-1-2-9-25-18/h1-2,4,7,9-10,12-13,15,17H,3,5-6,8,11,14H2,(H2,23,26)/t17-/m1/s1. The van der Waals surface area contributed by atoms with Gasteiger partial charge in [-0.1, -0.05) is 6.07 Å². The highest BCUT2D eigenvalue weighted by molar-refractivity contribution is 5.77. The Hall–Kier alpha value is -3.35. The molecule has 0 aliphatic carbocycles. The third-order valence-electron chi connectivity index (χ3n) is 5.31. The summed E-state index contributed by atoms with van der Waals surface area (Å²) in [7, 11) is 0. The molecule has 3 aromatic heterocycles.